The van der Waals surface area contributed by atoms with Gasteiger partial charge in [0.05, 0.1) is 28.8 Å². The van der Waals surface area contributed by atoms with Gasteiger partial charge in [0, 0.05) is 16.9 Å². The lowest BCUT2D eigenvalue weighted by Gasteiger charge is -2.42. The Morgan fingerprint density at radius 3 is 1.97 bits per heavy atom. The zero-order valence-corrected chi connectivity index (χ0v) is 18.1. The van der Waals surface area contributed by atoms with Crippen molar-refractivity contribution >= 4 is 17.4 Å². The van der Waals surface area contributed by atoms with E-state index in [9.17, 15) is 15.2 Å². The molecule has 0 aromatic heterocycles. The Balaban J connectivity index is 1.97. The van der Waals surface area contributed by atoms with Crippen molar-refractivity contribution in [2.75, 3.05) is 9.80 Å². The first kappa shape index (κ1) is 21.1. The molecule has 6 nitrogen and oxygen atoms in total. The van der Waals surface area contributed by atoms with E-state index in [0.29, 0.717) is 28.1 Å². The van der Waals surface area contributed by atoms with Crippen molar-refractivity contribution in [2.24, 2.45) is 0 Å². The van der Waals surface area contributed by atoms with Crippen LogP contribution in [0.25, 0.3) is 0 Å². The van der Waals surface area contributed by atoms with Crippen molar-refractivity contribution in [2.45, 2.75) is 32.0 Å². The van der Waals surface area contributed by atoms with Gasteiger partial charge in [-0.05, 0) is 69.3 Å². The summed E-state index contributed by atoms with van der Waals surface area (Å²) < 4.78 is 0. The van der Waals surface area contributed by atoms with Gasteiger partial charge in [-0.15, -0.1) is 0 Å². The summed E-state index contributed by atoms with van der Waals surface area (Å²) in [7, 11) is 0. The maximum atomic E-state index is 13.9. The summed E-state index contributed by atoms with van der Waals surface area (Å²) in [6, 6.07) is 24.5. The topological polar surface area (TPSA) is 91.4 Å². The largest absolute Gasteiger partial charge is 0.365 e. The summed E-state index contributed by atoms with van der Waals surface area (Å²) >= 11 is 0. The lowest BCUT2D eigenvalue weighted by atomic mass is 9.83. The minimum Gasteiger partial charge on any atom is -0.365 e. The number of carbonyl (C=O) groups is 1. The molecule has 0 saturated carbocycles. The van der Waals surface area contributed by atoms with Gasteiger partial charge in [0.1, 0.15) is 0 Å². The van der Waals surface area contributed by atoms with Gasteiger partial charge >= 0.3 is 6.03 Å². The maximum Gasteiger partial charge on any atom is 0.332 e. The summed E-state index contributed by atoms with van der Waals surface area (Å²) in [5.74, 6) is 0. The second-order valence-corrected chi connectivity index (χ2v) is 8.37. The van der Waals surface area contributed by atoms with Crippen LogP contribution in [0.3, 0.4) is 0 Å². The number of hydrogen-bond donors (Lipinski definition) is 1. The molecule has 2 amide bonds. The molecule has 3 aromatic carbocycles. The molecule has 1 aliphatic heterocycles. The quantitative estimate of drug-likeness (QED) is 0.656. The number of aliphatic hydroxyl groups is 1. The molecule has 32 heavy (non-hydrogen) atoms. The molecule has 1 atom stereocenters. The van der Waals surface area contributed by atoms with E-state index in [2.05, 4.69) is 12.1 Å². The molecule has 158 valence electrons. The van der Waals surface area contributed by atoms with Crippen LogP contribution in [0, 0.1) is 29.6 Å². The molecule has 1 aliphatic rings. The number of nitrogens with zero attached hydrogens (tertiary/aromatic N) is 4. The molecular formula is C26H22N4O2. The van der Waals surface area contributed by atoms with Crippen LogP contribution in [0.5, 0.6) is 0 Å². The van der Waals surface area contributed by atoms with Crippen molar-refractivity contribution in [1.82, 2.24) is 0 Å². The maximum absolute atomic E-state index is 13.9. The van der Waals surface area contributed by atoms with Crippen molar-refractivity contribution in [1.29, 1.82) is 10.5 Å². The average molecular weight is 422 g/mol. The number of rotatable bonds is 3. The minimum absolute atomic E-state index is 0.382. The Kier molecular flexibility index (Phi) is 4.97. The first-order valence-corrected chi connectivity index (χ1v) is 10.2. The molecule has 1 fully saturated rings. The van der Waals surface area contributed by atoms with Gasteiger partial charge in [-0.1, -0.05) is 29.8 Å². The summed E-state index contributed by atoms with van der Waals surface area (Å²) in [4.78, 5) is 16.8. The number of nitriles is 2. The molecule has 1 saturated heterocycles. The SMILES string of the molecule is Cc1ccc(N2C(=O)N(c3ccc(C#N)cc3)C(O)(c3cccc(C#N)c3)C2(C)C)cc1. The van der Waals surface area contributed by atoms with E-state index < -0.39 is 17.3 Å². The highest BCUT2D eigenvalue weighted by Gasteiger charge is 2.64. The number of anilines is 2. The van der Waals surface area contributed by atoms with E-state index in [1.807, 2.05) is 31.2 Å². The molecule has 4 rings (SSSR count). The predicted molar refractivity (Wildman–Crippen MR) is 122 cm³/mol. The number of aryl methyl sites for hydroxylation is 1. The Morgan fingerprint density at radius 2 is 1.38 bits per heavy atom. The van der Waals surface area contributed by atoms with Gasteiger partial charge in [-0.25, -0.2) is 4.79 Å². The zero-order valence-electron chi connectivity index (χ0n) is 18.1. The van der Waals surface area contributed by atoms with E-state index in [0.717, 1.165) is 5.56 Å². The van der Waals surface area contributed by atoms with E-state index in [-0.39, 0.29) is 0 Å². The van der Waals surface area contributed by atoms with Gasteiger partial charge in [-0.2, -0.15) is 10.5 Å². The van der Waals surface area contributed by atoms with Gasteiger partial charge in [0.25, 0.3) is 0 Å². The minimum atomic E-state index is -1.80. The lowest BCUT2D eigenvalue weighted by molar-refractivity contribution is -0.00249. The first-order valence-electron chi connectivity index (χ1n) is 10.2. The van der Waals surface area contributed by atoms with E-state index in [4.69, 9.17) is 5.26 Å². The van der Waals surface area contributed by atoms with Crippen molar-refractivity contribution in [3.8, 4) is 12.1 Å². The third kappa shape index (κ3) is 3.01. The monoisotopic (exact) mass is 422 g/mol. The number of amides is 2. The highest BCUT2D eigenvalue weighted by molar-refractivity contribution is 6.09. The summed E-state index contributed by atoms with van der Waals surface area (Å²) in [6.07, 6.45) is 0. The lowest BCUT2D eigenvalue weighted by Crippen LogP contribution is -2.56. The van der Waals surface area contributed by atoms with Crippen LogP contribution in [0.1, 0.15) is 36.1 Å². The molecule has 0 aliphatic carbocycles. The van der Waals surface area contributed by atoms with Crippen LogP contribution in [-0.4, -0.2) is 16.7 Å². The van der Waals surface area contributed by atoms with Crippen molar-refractivity contribution < 1.29 is 9.90 Å². The van der Waals surface area contributed by atoms with E-state index >= 15 is 0 Å². The smallest absolute Gasteiger partial charge is 0.332 e. The van der Waals surface area contributed by atoms with E-state index in [1.54, 1.807) is 67.3 Å². The fourth-order valence-electron chi connectivity index (χ4n) is 4.30. The van der Waals surface area contributed by atoms with Crippen molar-refractivity contribution in [3.63, 3.8) is 0 Å². The standard InChI is InChI=1S/C26H22N4O2/c1-18-7-11-22(12-8-18)29-24(31)30(23-13-9-19(16-27)10-14-23)26(32,25(29,2)3)21-6-4-5-20(15-21)17-28/h4-15,32H,1-3H3. The summed E-state index contributed by atoms with van der Waals surface area (Å²) in [5.41, 5.74) is 0.501. The fourth-order valence-corrected chi connectivity index (χ4v) is 4.30. The van der Waals surface area contributed by atoms with Crippen LogP contribution >= 0.6 is 0 Å². The normalized spacial score (nSPS) is 19.5. The van der Waals surface area contributed by atoms with Gasteiger partial charge in [0.15, 0.2) is 5.72 Å². The number of hydrogen-bond acceptors (Lipinski definition) is 4. The van der Waals surface area contributed by atoms with Crippen LogP contribution in [-0.2, 0) is 5.72 Å². The van der Waals surface area contributed by atoms with Gasteiger partial charge in [0.2, 0.25) is 0 Å². The molecule has 6 heteroatoms. The molecule has 1 N–H and O–H groups in total. The Hall–Kier alpha value is -4.13. The van der Waals surface area contributed by atoms with Gasteiger partial charge < -0.3 is 5.11 Å². The summed E-state index contributed by atoms with van der Waals surface area (Å²) in [6.45, 7) is 5.56. The predicted octanol–water partition coefficient (Wildman–Crippen LogP) is 4.81. The molecule has 3 aromatic rings. The van der Waals surface area contributed by atoms with Crippen LogP contribution in [0.15, 0.2) is 72.8 Å². The average Bonchev–Trinajstić information content (AvgIpc) is 2.96. The first-order chi connectivity index (χ1) is 15.2. The number of benzene rings is 3. The molecule has 1 heterocycles. The molecule has 1 unspecified atom stereocenters. The molecule has 0 radical (unpaired) electrons. The summed E-state index contributed by atoms with van der Waals surface area (Å²) in [5, 5.41) is 30.9. The second-order valence-electron chi connectivity index (χ2n) is 8.37. The Morgan fingerprint density at radius 1 is 0.812 bits per heavy atom. The van der Waals surface area contributed by atoms with E-state index in [1.165, 1.54) is 4.90 Å². The fraction of sp³-hybridized carbons (Fsp3) is 0.192. The molecular weight excluding hydrogens is 400 g/mol. The highest BCUT2D eigenvalue weighted by Crippen LogP contribution is 2.50. The molecule has 0 bridgehead atoms. The number of urea groups is 1. The van der Waals surface area contributed by atoms with Crippen molar-refractivity contribution in [3.05, 3.63) is 95.1 Å². The third-order valence-electron chi connectivity index (χ3n) is 6.06. The zero-order chi connectivity index (χ0) is 23.1. The molecule has 0 spiro atoms. The van der Waals surface area contributed by atoms with Gasteiger partial charge in [-0.3, -0.25) is 9.80 Å². The van der Waals surface area contributed by atoms with Crippen LogP contribution in [0.4, 0.5) is 16.2 Å². The van der Waals surface area contributed by atoms with Crippen LogP contribution in [0.2, 0.25) is 0 Å². The number of carbonyl (C=O) groups excluding carboxylic acids is 1. The third-order valence-corrected chi connectivity index (χ3v) is 6.06. The Labute approximate surface area is 187 Å². The van der Waals surface area contributed by atoms with Crippen LogP contribution < -0.4 is 9.80 Å². The highest BCUT2D eigenvalue weighted by atomic mass is 16.3. The second kappa shape index (κ2) is 7.53. The Bertz CT molecular complexity index is 1270.